The van der Waals surface area contributed by atoms with E-state index in [1.165, 1.54) is 6.33 Å². The Hall–Kier alpha value is -2.47. The highest BCUT2D eigenvalue weighted by Gasteiger charge is 2.56. The van der Waals surface area contributed by atoms with E-state index in [-0.39, 0.29) is 12.5 Å². The Morgan fingerprint density at radius 1 is 1.41 bits per heavy atom. The summed E-state index contributed by atoms with van der Waals surface area (Å²) < 4.78 is 42.2. The largest absolute Gasteiger partial charge is 0.490 e. The second kappa shape index (κ2) is 8.05. The number of alkyl halides is 3. The molecule has 1 aromatic rings. The number of rotatable bonds is 4. The summed E-state index contributed by atoms with van der Waals surface area (Å²) in [5, 5.41) is 16.6. The summed E-state index contributed by atoms with van der Waals surface area (Å²) in [7, 11) is 1.61. The topological polar surface area (TPSA) is 122 Å². The van der Waals surface area contributed by atoms with E-state index in [9.17, 15) is 23.1 Å². The number of carboxylic acid groups (broad SMARTS) is 2. The normalized spacial score (nSPS) is 24.1. The summed E-state index contributed by atoms with van der Waals surface area (Å²) in [4.78, 5) is 30.9. The number of ether oxygens (including phenoxy) is 2. The molecule has 150 valence electrons. The van der Waals surface area contributed by atoms with Gasteiger partial charge in [-0.05, 0) is 0 Å². The van der Waals surface area contributed by atoms with Crippen molar-refractivity contribution in [3.63, 3.8) is 0 Å². The number of methoxy groups -OCH3 is 1. The quantitative estimate of drug-likeness (QED) is 0.764. The fourth-order valence-corrected chi connectivity index (χ4v) is 3.00. The lowest BCUT2D eigenvalue weighted by Crippen LogP contribution is -2.39. The molecule has 3 rings (SSSR count). The van der Waals surface area contributed by atoms with Crippen LogP contribution in [0.25, 0.3) is 0 Å². The molecule has 0 bridgehead atoms. The Morgan fingerprint density at radius 3 is 2.59 bits per heavy atom. The van der Waals surface area contributed by atoms with Crippen molar-refractivity contribution >= 4 is 17.8 Å². The standard InChI is InChI=1S/C13H17N3O4.C2HF3O2/c1-19-5-10-2-11(15-8-14-10)16-3-9-4-20-7-13(9,6-16)12(17)18;3-2(4,5)1(6)7/h2,8-9H,3-7H2,1H3,(H,17,18);(H,6,7)/t9-,13-;/m1./s1. The Bertz CT molecular complexity index is 702. The second-order valence-electron chi connectivity index (χ2n) is 6.16. The lowest BCUT2D eigenvalue weighted by atomic mass is 9.81. The third-order valence-corrected chi connectivity index (χ3v) is 4.37. The number of halogens is 3. The van der Waals surface area contributed by atoms with Crippen LogP contribution < -0.4 is 4.90 Å². The van der Waals surface area contributed by atoms with Crippen molar-refractivity contribution in [2.75, 3.05) is 38.3 Å². The van der Waals surface area contributed by atoms with Crippen LogP contribution in [0.15, 0.2) is 12.4 Å². The van der Waals surface area contributed by atoms with E-state index >= 15 is 0 Å². The minimum absolute atomic E-state index is 0.0147. The molecule has 3 heterocycles. The van der Waals surface area contributed by atoms with Crippen LogP contribution in [-0.4, -0.2) is 71.7 Å². The van der Waals surface area contributed by atoms with Crippen LogP contribution in [0.5, 0.6) is 0 Å². The number of hydrogen-bond donors (Lipinski definition) is 2. The molecule has 0 saturated carbocycles. The summed E-state index contributed by atoms with van der Waals surface area (Å²) in [6.07, 6.45) is -3.60. The average molecular weight is 393 g/mol. The van der Waals surface area contributed by atoms with Gasteiger partial charge in [-0.15, -0.1) is 0 Å². The first-order valence-corrected chi connectivity index (χ1v) is 7.76. The number of nitrogens with zero attached hydrogens (tertiary/aromatic N) is 3. The summed E-state index contributed by atoms with van der Waals surface area (Å²) in [5.41, 5.74) is -0.0120. The lowest BCUT2D eigenvalue weighted by Gasteiger charge is -2.22. The molecule has 2 N–H and O–H groups in total. The molecule has 0 unspecified atom stereocenters. The van der Waals surface area contributed by atoms with Gasteiger partial charge >= 0.3 is 18.1 Å². The minimum atomic E-state index is -5.08. The summed E-state index contributed by atoms with van der Waals surface area (Å²) in [5.74, 6) is -2.77. The van der Waals surface area contributed by atoms with Gasteiger partial charge in [0.15, 0.2) is 0 Å². The third kappa shape index (κ3) is 4.63. The van der Waals surface area contributed by atoms with Crippen LogP contribution >= 0.6 is 0 Å². The molecule has 0 amide bonds. The Balaban J connectivity index is 0.000000321. The van der Waals surface area contributed by atoms with Crippen molar-refractivity contribution in [2.24, 2.45) is 11.3 Å². The molecule has 2 aliphatic heterocycles. The van der Waals surface area contributed by atoms with E-state index in [2.05, 4.69) is 9.97 Å². The van der Waals surface area contributed by atoms with Crippen LogP contribution in [0.2, 0.25) is 0 Å². The number of aromatic nitrogens is 2. The summed E-state index contributed by atoms with van der Waals surface area (Å²) in [6, 6.07) is 1.85. The molecular weight excluding hydrogens is 375 g/mol. The fourth-order valence-electron chi connectivity index (χ4n) is 3.00. The number of aliphatic carboxylic acids is 2. The van der Waals surface area contributed by atoms with Gasteiger partial charge in [-0.2, -0.15) is 13.2 Å². The first kappa shape index (κ1) is 20.8. The molecule has 12 heteroatoms. The first-order valence-electron chi connectivity index (χ1n) is 7.76. The van der Waals surface area contributed by atoms with Crippen LogP contribution in [-0.2, 0) is 25.7 Å². The average Bonchev–Trinajstić information content (AvgIpc) is 3.13. The number of anilines is 1. The molecule has 9 nitrogen and oxygen atoms in total. The molecule has 2 fully saturated rings. The maximum atomic E-state index is 11.6. The maximum Gasteiger partial charge on any atom is 0.490 e. The molecule has 0 radical (unpaired) electrons. The van der Waals surface area contributed by atoms with Gasteiger partial charge < -0.3 is 24.6 Å². The maximum absolute atomic E-state index is 11.6. The zero-order chi connectivity index (χ0) is 20.2. The zero-order valence-electron chi connectivity index (χ0n) is 14.3. The molecule has 0 spiro atoms. The lowest BCUT2D eigenvalue weighted by molar-refractivity contribution is -0.192. The highest BCUT2D eigenvalue weighted by Crippen LogP contribution is 2.42. The smallest absolute Gasteiger partial charge is 0.481 e. The Labute approximate surface area is 151 Å². The van der Waals surface area contributed by atoms with E-state index in [1.54, 1.807) is 7.11 Å². The van der Waals surface area contributed by atoms with E-state index in [0.29, 0.717) is 26.3 Å². The molecule has 2 aliphatic rings. The van der Waals surface area contributed by atoms with E-state index in [0.717, 1.165) is 11.5 Å². The molecule has 0 aromatic carbocycles. The predicted octanol–water partition coefficient (Wildman–Crippen LogP) is 0.794. The fraction of sp³-hybridized carbons (Fsp3) is 0.600. The van der Waals surface area contributed by atoms with Crippen molar-refractivity contribution in [3.05, 3.63) is 18.1 Å². The second-order valence-corrected chi connectivity index (χ2v) is 6.16. The van der Waals surface area contributed by atoms with Crippen LogP contribution in [0, 0.1) is 11.3 Å². The number of fused-ring (bicyclic) bond motifs is 1. The highest BCUT2D eigenvalue weighted by molar-refractivity contribution is 5.78. The molecule has 27 heavy (non-hydrogen) atoms. The predicted molar refractivity (Wildman–Crippen MR) is 83.0 cm³/mol. The van der Waals surface area contributed by atoms with Crippen molar-refractivity contribution in [3.8, 4) is 0 Å². The van der Waals surface area contributed by atoms with Crippen molar-refractivity contribution < 1.29 is 42.4 Å². The zero-order valence-corrected chi connectivity index (χ0v) is 14.3. The molecule has 1 aromatic heterocycles. The third-order valence-electron chi connectivity index (χ3n) is 4.37. The monoisotopic (exact) mass is 393 g/mol. The van der Waals surface area contributed by atoms with Crippen LogP contribution in [0.1, 0.15) is 5.69 Å². The van der Waals surface area contributed by atoms with Crippen molar-refractivity contribution in [1.82, 2.24) is 9.97 Å². The molecule has 2 atom stereocenters. The van der Waals surface area contributed by atoms with Crippen LogP contribution in [0.4, 0.5) is 19.0 Å². The van der Waals surface area contributed by atoms with Gasteiger partial charge in [0.2, 0.25) is 0 Å². The van der Waals surface area contributed by atoms with Crippen molar-refractivity contribution in [1.29, 1.82) is 0 Å². The van der Waals surface area contributed by atoms with Crippen LogP contribution in [0.3, 0.4) is 0 Å². The van der Waals surface area contributed by atoms with Gasteiger partial charge in [-0.3, -0.25) is 4.79 Å². The number of carbonyl (C=O) groups is 2. The Morgan fingerprint density at radius 2 is 2.07 bits per heavy atom. The van der Waals surface area contributed by atoms with Gasteiger partial charge in [0.1, 0.15) is 17.6 Å². The van der Waals surface area contributed by atoms with Gasteiger partial charge in [0.25, 0.3) is 0 Å². The van der Waals surface area contributed by atoms with Gasteiger partial charge in [-0.25, -0.2) is 14.8 Å². The van der Waals surface area contributed by atoms with Gasteiger partial charge in [-0.1, -0.05) is 0 Å². The Kier molecular flexibility index (Phi) is 6.21. The molecular formula is C15H18F3N3O6. The summed E-state index contributed by atoms with van der Waals surface area (Å²) in [6.45, 7) is 2.27. The SMILES string of the molecule is COCc1cc(N2C[C@@H]3COC[C@]3(C(=O)O)C2)ncn1.O=C(O)C(F)(F)F. The molecule has 0 aliphatic carbocycles. The highest BCUT2D eigenvalue weighted by atomic mass is 19.4. The molecule has 2 saturated heterocycles. The van der Waals surface area contributed by atoms with Gasteiger partial charge in [0, 0.05) is 32.2 Å². The van der Waals surface area contributed by atoms with E-state index < -0.39 is 23.5 Å². The van der Waals surface area contributed by atoms with E-state index in [4.69, 9.17) is 19.4 Å². The number of carboxylic acids is 2. The van der Waals surface area contributed by atoms with Gasteiger partial charge in [0.05, 0.1) is 25.5 Å². The number of hydrogen-bond acceptors (Lipinski definition) is 7. The minimum Gasteiger partial charge on any atom is -0.481 e. The van der Waals surface area contributed by atoms with E-state index in [1.807, 2.05) is 11.0 Å². The van der Waals surface area contributed by atoms with Crippen molar-refractivity contribution in [2.45, 2.75) is 12.8 Å². The summed E-state index contributed by atoms with van der Waals surface area (Å²) >= 11 is 0. The first-order chi connectivity index (χ1) is 12.6.